The summed E-state index contributed by atoms with van der Waals surface area (Å²) in [6.07, 6.45) is -0.758. The van der Waals surface area contributed by atoms with Crippen LogP contribution in [0.2, 0.25) is 0 Å². The highest BCUT2D eigenvalue weighted by molar-refractivity contribution is 9.10. The number of carbonyl (C=O) groups is 2. The van der Waals surface area contributed by atoms with Crippen LogP contribution in [0.25, 0.3) is 0 Å². The van der Waals surface area contributed by atoms with Gasteiger partial charge in [0.1, 0.15) is 17.6 Å². The molecule has 0 aromatic heterocycles. The van der Waals surface area contributed by atoms with Crippen molar-refractivity contribution in [3.8, 4) is 11.5 Å². The van der Waals surface area contributed by atoms with Crippen LogP contribution in [0.1, 0.15) is 22.8 Å². The number of rotatable bonds is 7. The normalized spacial score (nSPS) is 15.6. The Balaban J connectivity index is 1.52. The van der Waals surface area contributed by atoms with Gasteiger partial charge in [-0.3, -0.25) is 9.69 Å². The van der Waals surface area contributed by atoms with Crippen molar-refractivity contribution in [3.05, 3.63) is 94.0 Å². The molecule has 0 aliphatic carbocycles. The zero-order valence-corrected chi connectivity index (χ0v) is 18.1. The second kappa shape index (κ2) is 9.22. The minimum absolute atomic E-state index is 0.0785. The molecule has 1 atom stereocenters. The number of carboxylic acid groups (broad SMARTS) is 1. The fraction of sp³-hybridized carbons (Fsp3) is 0.167. The molecule has 0 spiro atoms. The summed E-state index contributed by atoms with van der Waals surface area (Å²) in [6.45, 7) is 0.772. The smallest absolute Gasteiger partial charge is 0.410 e. The van der Waals surface area contributed by atoms with Crippen molar-refractivity contribution in [2.75, 3.05) is 6.54 Å². The Morgan fingerprint density at radius 1 is 1.10 bits per heavy atom. The lowest BCUT2D eigenvalue weighted by atomic mass is 10.1. The number of ether oxygens (including phenoxy) is 2. The lowest BCUT2D eigenvalue weighted by Crippen LogP contribution is -2.24. The number of benzene rings is 3. The molecule has 3 aromatic carbocycles. The molecule has 0 unspecified atom stereocenters. The predicted octanol–water partition coefficient (Wildman–Crippen LogP) is 5.56. The maximum absolute atomic E-state index is 12.5. The summed E-state index contributed by atoms with van der Waals surface area (Å²) in [7, 11) is 0. The van der Waals surface area contributed by atoms with Crippen LogP contribution < -0.4 is 4.74 Å². The molecule has 7 heteroatoms. The zero-order chi connectivity index (χ0) is 21.8. The maximum atomic E-state index is 12.5. The van der Waals surface area contributed by atoms with Gasteiger partial charge in [0.2, 0.25) is 0 Å². The van der Waals surface area contributed by atoms with E-state index in [1.54, 1.807) is 29.2 Å². The lowest BCUT2D eigenvalue weighted by Gasteiger charge is -2.17. The first-order valence-corrected chi connectivity index (χ1v) is 10.5. The number of halogens is 1. The Kier molecular flexibility index (Phi) is 6.23. The molecule has 1 N–H and O–H groups in total. The number of hydrogen-bond donors (Lipinski definition) is 1. The van der Waals surface area contributed by atoms with Crippen molar-refractivity contribution in [2.45, 2.75) is 19.1 Å². The Bertz CT molecular complexity index is 1100. The van der Waals surface area contributed by atoms with Crippen LogP contribution in [0.3, 0.4) is 0 Å². The second-order valence-corrected chi connectivity index (χ2v) is 8.15. The fourth-order valence-electron chi connectivity index (χ4n) is 3.48. The number of cyclic esters (lactones) is 1. The van der Waals surface area contributed by atoms with E-state index in [-0.39, 0.29) is 18.6 Å². The van der Waals surface area contributed by atoms with Gasteiger partial charge >= 0.3 is 12.1 Å². The molecular formula is C24H20BrNO5. The van der Waals surface area contributed by atoms with E-state index in [1.165, 1.54) is 0 Å². The topological polar surface area (TPSA) is 76.1 Å². The summed E-state index contributed by atoms with van der Waals surface area (Å²) < 4.78 is 12.5. The molecule has 1 amide bonds. The van der Waals surface area contributed by atoms with Crippen LogP contribution in [0.5, 0.6) is 11.5 Å². The van der Waals surface area contributed by atoms with Crippen molar-refractivity contribution < 1.29 is 24.2 Å². The summed E-state index contributed by atoms with van der Waals surface area (Å²) in [5.74, 6) is 0.224. The highest BCUT2D eigenvalue weighted by Gasteiger charge is 2.32. The van der Waals surface area contributed by atoms with Gasteiger partial charge in [-0.2, -0.15) is 0 Å². The first kappa shape index (κ1) is 20.9. The van der Waals surface area contributed by atoms with Crippen molar-refractivity contribution in [1.82, 2.24) is 4.90 Å². The number of amides is 1. The summed E-state index contributed by atoms with van der Waals surface area (Å²) in [6, 6.07) is 22.2. The largest absolute Gasteiger partial charge is 0.481 e. The van der Waals surface area contributed by atoms with Gasteiger partial charge in [0.05, 0.1) is 19.5 Å². The molecule has 158 valence electrons. The first-order valence-electron chi connectivity index (χ1n) is 9.75. The van der Waals surface area contributed by atoms with Gasteiger partial charge in [0, 0.05) is 10.0 Å². The van der Waals surface area contributed by atoms with Gasteiger partial charge in [-0.1, -0.05) is 58.4 Å². The summed E-state index contributed by atoms with van der Waals surface area (Å²) in [5, 5.41) is 9.01. The monoisotopic (exact) mass is 481 g/mol. The van der Waals surface area contributed by atoms with Crippen molar-refractivity contribution in [3.63, 3.8) is 0 Å². The molecule has 0 saturated carbocycles. The van der Waals surface area contributed by atoms with E-state index in [2.05, 4.69) is 15.9 Å². The van der Waals surface area contributed by atoms with Gasteiger partial charge in [-0.15, -0.1) is 0 Å². The zero-order valence-electron chi connectivity index (χ0n) is 16.5. The highest BCUT2D eigenvalue weighted by Crippen LogP contribution is 2.32. The third kappa shape index (κ3) is 5.24. The molecule has 1 heterocycles. The van der Waals surface area contributed by atoms with Crippen LogP contribution in [0.15, 0.2) is 77.3 Å². The number of carbonyl (C=O) groups excluding carboxylic acids is 1. The predicted molar refractivity (Wildman–Crippen MR) is 118 cm³/mol. The van der Waals surface area contributed by atoms with E-state index in [1.807, 2.05) is 48.5 Å². The van der Waals surface area contributed by atoms with Crippen LogP contribution in [0.4, 0.5) is 4.79 Å². The van der Waals surface area contributed by atoms with E-state index in [4.69, 9.17) is 14.6 Å². The average Bonchev–Trinajstić information content (AvgIpc) is 3.11. The Hall–Kier alpha value is -3.32. The van der Waals surface area contributed by atoms with Gasteiger partial charge in [-0.25, -0.2) is 4.79 Å². The highest BCUT2D eigenvalue weighted by atomic mass is 79.9. The number of aliphatic carboxylic acids is 1. The number of carboxylic acids is 1. The van der Waals surface area contributed by atoms with E-state index in [0.29, 0.717) is 30.2 Å². The molecule has 1 fully saturated rings. The molecular weight excluding hydrogens is 462 g/mol. The molecule has 6 nitrogen and oxygen atoms in total. The fourth-order valence-corrected chi connectivity index (χ4v) is 3.88. The van der Waals surface area contributed by atoms with Crippen LogP contribution in [-0.2, 0) is 22.5 Å². The van der Waals surface area contributed by atoms with Crippen molar-refractivity contribution in [2.24, 2.45) is 0 Å². The van der Waals surface area contributed by atoms with E-state index in [0.717, 1.165) is 15.6 Å². The third-order valence-electron chi connectivity index (χ3n) is 4.92. The summed E-state index contributed by atoms with van der Waals surface area (Å²) >= 11 is 3.48. The second-order valence-electron chi connectivity index (χ2n) is 7.24. The summed E-state index contributed by atoms with van der Waals surface area (Å²) in [4.78, 5) is 25.1. The molecule has 4 rings (SSSR count). The molecule has 0 bridgehead atoms. The Morgan fingerprint density at radius 2 is 1.90 bits per heavy atom. The molecule has 31 heavy (non-hydrogen) atoms. The average molecular weight is 482 g/mol. The standard InChI is InChI=1S/C24H20BrNO5/c25-19-9-10-21(30-20-8-4-5-16(11-20)12-23(27)28)18(13-19)14-26-15-22(31-24(26)29)17-6-2-1-3-7-17/h1-11,13,22H,12,14-15H2,(H,27,28)/t22-/m0/s1. The molecule has 0 radical (unpaired) electrons. The number of nitrogens with zero attached hydrogens (tertiary/aromatic N) is 1. The first-order chi connectivity index (χ1) is 15.0. The minimum Gasteiger partial charge on any atom is -0.481 e. The van der Waals surface area contributed by atoms with Crippen molar-refractivity contribution >= 4 is 28.0 Å². The molecule has 1 aliphatic heterocycles. The molecule has 3 aromatic rings. The van der Waals surface area contributed by atoms with Gasteiger partial charge < -0.3 is 14.6 Å². The van der Waals surface area contributed by atoms with Crippen LogP contribution >= 0.6 is 15.9 Å². The minimum atomic E-state index is -0.901. The SMILES string of the molecule is O=C(O)Cc1cccc(Oc2ccc(Br)cc2CN2C[C@@H](c3ccccc3)OC2=O)c1. The Labute approximate surface area is 188 Å². The Morgan fingerprint density at radius 3 is 2.68 bits per heavy atom. The quantitative estimate of drug-likeness (QED) is 0.477. The van der Waals surface area contributed by atoms with E-state index in [9.17, 15) is 9.59 Å². The maximum Gasteiger partial charge on any atom is 0.410 e. The third-order valence-corrected chi connectivity index (χ3v) is 5.42. The lowest BCUT2D eigenvalue weighted by molar-refractivity contribution is -0.136. The van der Waals surface area contributed by atoms with Gasteiger partial charge in [0.25, 0.3) is 0 Å². The van der Waals surface area contributed by atoms with E-state index >= 15 is 0 Å². The summed E-state index contributed by atoms with van der Waals surface area (Å²) in [5.41, 5.74) is 2.42. The molecule has 1 aliphatic rings. The van der Waals surface area contributed by atoms with Crippen molar-refractivity contribution in [1.29, 1.82) is 0 Å². The van der Waals surface area contributed by atoms with Gasteiger partial charge in [-0.05, 0) is 41.5 Å². The molecule has 1 saturated heterocycles. The van der Waals surface area contributed by atoms with Crippen LogP contribution in [0, 0.1) is 0 Å². The van der Waals surface area contributed by atoms with E-state index < -0.39 is 5.97 Å². The van der Waals surface area contributed by atoms with Gasteiger partial charge in [0.15, 0.2) is 0 Å². The van der Waals surface area contributed by atoms with Crippen LogP contribution in [-0.4, -0.2) is 28.6 Å². The number of hydrogen-bond acceptors (Lipinski definition) is 4.